The predicted molar refractivity (Wildman–Crippen MR) is 66.5 cm³/mol. The zero-order valence-corrected chi connectivity index (χ0v) is 10.6. The second-order valence-corrected chi connectivity index (χ2v) is 3.22. The molecule has 2 rings (SSSR count). The highest BCUT2D eigenvalue weighted by molar-refractivity contribution is 5.24. The van der Waals surface area contributed by atoms with Crippen molar-refractivity contribution in [2.75, 3.05) is 0 Å². The standard InChI is InChI=1S/C9H11NO.2C2H6/c1-6-4-8(7-2-3-7)5-10-9(6)11;2*1-2/h4-5,7H,2-3H2,1H3,(H,10,11);2*1-2H3. The van der Waals surface area contributed by atoms with Crippen LogP contribution in [-0.2, 0) is 0 Å². The maximum atomic E-state index is 11.0. The van der Waals surface area contributed by atoms with Crippen LogP contribution in [-0.4, -0.2) is 4.98 Å². The lowest BCUT2D eigenvalue weighted by molar-refractivity contribution is 1.05. The van der Waals surface area contributed by atoms with Crippen LogP contribution >= 0.6 is 0 Å². The van der Waals surface area contributed by atoms with E-state index in [0.29, 0.717) is 0 Å². The van der Waals surface area contributed by atoms with Gasteiger partial charge in [-0.1, -0.05) is 27.7 Å². The van der Waals surface area contributed by atoms with Gasteiger partial charge in [-0.05, 0) is 37.3 Å². The summed E-state index contributed by atoms with van der Waals surface area (Å²) in [7, 11) is 0. The number of hydrogen-bond acceptors (Lipinski definition) is 1. The van der Waals surface area contributed by atoms with Gasteiger partial charge in [-0.15, -0.1) is 0 Å². The zero-order chi connectivity index (χ0) is 11.8. The molecule has 0 amide bonds. The Morgan fingerprint density at radius 3 is 2.13 bits per heavy atom. The van der Waals surface area contributed by atoms with E-state index in [0.717, 1.165) is 11.5 Å². The summed E-state index contributed by atoms with van der Waals surface area (Å²) in [5.41, 5.74) is 2.16. The summed E-state index contributed by atoms with van der Waals surface area (Å²) >= 11 is 0. The van der Waals surface area contributed by atoms with Crippen LogP contribution in [0.1, 0.15) is 57.6 Å². The molecule has 0 aliphatic heterocycles. The Morgan fingerprint density at radius 1 is 1.20 bits per heavy atom. The molecule has 15 heavy (non-hydrogen) atoms. The third-order valence-corrected chi connectivity index (χ3v) is 2.16. The molecule has 2 heteroatoms. The molecule has 1 saturated carbocycles. The Bertz CT molecular complexity index is 324. The number of pyridine rings is 1. The van der Waals surface area contributed by atoms with Gasteiger partial charge in [0.15, 0.2) is 0 Å². The molecule has 2 nitrogen and oxygen atoms in total. The Morgan fingerprint density at radius 2 is 1.73 bits per heavy atom. The molecule has 0 bridgehead atoms. The fourth-order valence-electron chi connectivity index (χ4n) is 1.27. The van der Waals surface area contributed by atoms with E-state index >= 15 is 0 Å². The third-order valence-electron chi connectivity index (χ3n) is 2.16. The first kappa shape index (κ1) is 13.9. The number of H-pyrrole nitrogens is 1. The van der Waals surface area contributed by atoms with E-state index in [9.17, 15) is 4.79 Å². The quantitative estimate of drug-likeness (QED) is 0.753. The molecule has 1 heterocycles. The van der Waals surface area contributed by atoms with Crippen molar-refractivity contribution < 1.29 is 0 Å². The van der Waals surface area contributed by atoms with Crippen LogP contribution in [0.5, 0.6) is 0 Å². The van der Waals surface area contributed by atoms with Crippen LogP contribution in [0, 0.1) is 6.92 Å². The van der Waals surface area contributed by atoms with Crippen molar-refractivity contribution in [3.63, 3.8) is 0 Å². The first-order valence-electron chi connectivity index (χ1n) is 5.96. The number of aromatic amines is 1. The SMILES string of the molecule is CC.CC.Cc1cc(C2CC2)c[nH]c1=O. The fraction of sp³-hybridized carbons (Fsp3) is 0.615. The second-order valence-electron chi connectivity index (χ2n) is 3.22. The normalized spacial score (nSPS) is 13.1. The molecule has 1 aromatic heterocycles. The summed E-state index contributed by atoms with van der Waals surface area (Å²) in [6.45, 7) is 9.85. The van der Waals surface area contributed by atoms with Gasteiger partial charge in [-0.3, -0.25) is 4.79 Å². The molecular formula is C13H23NO. The summed E-state index contributed by atoms with van der Waals surface area (Å²) in [5, 5.41) is 0. The van der Waals surface area contributed by atoms with Crippen molar-refractivity contribution in [3.8, 4) is 0 Å². The predicted octanol–water partition coefficient (Wildman–Crippen LogP) is 3.61. The Hall–Kier alpha value is -1.05. The number of hydrogen-bond donors (Lipinski definition) is 1. The van der Waals surface area contributed by atoms with Crippen molar-refractivity contribution in [2.24, 2.45) is 0 Å². The van der Waals surface area contributed by atoms with E-state index in [1.54, 1.807) is 0 Å². The van der Waals surface area contributed by atoms with Gasteiger partial charge in [0.25, 0.3) is 5.56 Å². The average Bonchev–Trinajstić information content (AvgIpc) is 3.12. The molecule has 0 radical (unpaired) electrons. The van der Waals surface area contributed by atoms with Crippen molar-refractivity contribution in [2.45, 2.75) is 53.4 Å². The highest BCUT2D eigenvalue weighted by atomic mass is 16.1. The number of nitrogens with one attached hydrogen (secondary N) is 1. The molecule has 1 N–H and O–H groups in total. The van der Waals surface area contributed by atoms with E-state index in [1.807, 2.05) is 46.9 Å². The van der Waals surface area contributed by atoms with Crippen LogP contribution in [0.15, 0.2) is 17.1 Å². The van der Waals surface area contributed by atoms with Gasteiger partial charge in [0.05, 0.1) is 0 Å². The lowest BCUT2D eigenvalue weighted by atomic mass is 10.1. The molecule has 0 aromatic carbocycles. The van der Waals surface area contributed by atoms with Crippen LogP contribution in [0.25, 0.3) is 0 Å². The molecule has 0 unspecified atom stereocenters. The number of aromatic nitrogens is 1. The molecular weight excluding hydrogens is 186 g/mol. The first-order valence-corrected chi connectivity index (χ1v) is 5.96. The minimum atomic E-state index is 0.0365. The van der Waals surface area contributed by atoms with Gasteiger partial charge >= 0.3 is 0 Å². The van der Waals surface area contributed by atoms with E-state index in [2.05, 4.69) is 4.98 Å². The molecule has 0 spiro atoms. The Labute approximate surface area is 92.7 Å². The van der Waals surface area contributed by atoms with Crippen molar-refractivity contribution in [1.82, 2.24) is 4.98 Å². The maximum Gasteiger partial charge on any atom is 0.250 e. The van der Waals surface area contributed by atoms with Crippen LogP contribution in [0.2, 0.25) is 0 Å². The Kier molecular flexibility index (Phi) is 6.76. The molecule has 86 valence electrons. The summed E-state index contributed by atoms with van der Waals surface area (Å²) in [5.74, 6) is 0.727. The molecule has 1 fully saturated rings. The van der Waals surface area contributed by atoms with Gasteiger partial charge in [-0.25, -0.2) is 0 Å². The average molecular weight is 209 g/mol. The van der Waals surface area contributed by atoms with Gasteiger partial charge in [0.2, 0.25) is 0 Å². The van der Waals surface area contributed by atoms with Crippen LogP contribution < -0.4 is 5.56 Å². The van der Waals surface area contributed by atoms with E-state index in [-0.39, 0.29) is 5.56 Å². The van der Waals surface area contributed by atoms with Crippen LogP contribution in [0.3, 0.4) is 0 Å². The molecule has 1 aliphatic rings. The zero-order valence-electron chi connectivity index (χ0n) is 10.6. The third kappa shape index (κ3) is 4.32. The minimum absolute atomic E-state index is 0.0365. The second kappa shape index (κ2) is 7.27. The number of aryl methyl sites for hydroxylation is 1. The van der Waals surface area contributed by atoms with Gasteiger partial charge < -0.3 is 4.98 Å². The maximum absolute atomic E-state index is 11.0. The van der Waals surface area contributed by atoms with E-state index in [1.165, 1.54) is 18.4 Å². The highest BCUT2D eigenvalue weighted by Gasteiger charge is 2.23. The Balaban J connectivity index is 0.000000442. The summed E-state index contributed by atoms with van der Waals surface area (Å²) in [6, 6.07) is 2.00. The summed E-state index contributed by atoms with van der Waals surface area (Å²) in [6.07, 6.45) is 4.41. The van der Waals surface area contributed by atoms with Crippen LogP contribution in [0.4, 0.5) is 0 Å². The highest BCUT2D eigenvalue weighted by Crippen LogP contribution is 2.39. The monoisotopic (exact) mass is 209 g/mol. The molecule has 1 aromatic rings. The van der Waals surface area contributed by atoms with Gasteiger partial charge in [-0.2, -0.15) is 0 Å². The molecule has 0 atom stereocenters. The number of rotatable bonds is 1. The summed E-state index contributed by atoms with van der Waals surface area (Å²) < 4.78 is 0. The lowest BCUT2D eigenvalue weighted by Crippen LogP contribution is -2.08. The van der Waals surface area contributed by atoms with E-state index in [4.69, 9.17) is 0 Å². The van der Waals surface area contributed by atoms with Crippen molar-refractivity contribution in [1.29, 1.82) is 0 Å². The smallest absolute Gasteiger partial charge is 0.250 e. The minimum Gasteiger partial charge on any atom is -0.329 e. The van der Waals surface area contributed by atoms with Gasteiger partial charge in [0.1, 0.15) is 0 Å². The molecule has 1 aliphatic carbocycles. The largest absolute Gasteiger partial charge is 0.329 e. The summed E-state index contributed by atoms with van der Waals surface area (Å²) in [4.78, 5) is 13.7. The van der Waals surface area contributed by atoms with Crippen molar-refractivity contribution >= 4 is 0 Å². The topological polar surface area (TPSA) is 32.9 Å². The lowest BCUT2D eigenvalue weighted by Gasteiger charge is -1.97. The van der Waals surface area contributed by atoms with Gasteiger partial charge in [0, 0.05) is 11.8 Å². The van der Waals surface area contributed by atoms with E-state index < -0.39 is 0 Å². The first-order chi connectivity index (χ1) is 7.27. The molecule has 0 saturated heterocycles. The van der Waals surface area contributed by atoms with Crippen molar-refractivity contribution in [3.05, 3.63) is 33.7 Å². The fourth-order valence-corrected chi connectivity index (χ4v) is 1.27.